The summed E-state index contributed by atoms with van der Waals surface area (Å²) in [5.74, 6) is 0.165. The molecule has 1 aromatic heterocycles. The number of rotatable bonds is 5. The van der Waals surface area contributed by atoms with E-state index >= 15 is 0 Å². The van der Waals surface area contributed by atoms with Crippen molar-refractivity contribution < 1.29 is 9.53 Å². The second-order valence-corrected chi connectivity index (χ2v) is 5.93. The molecule has 21 heavy (non-hydrogen) atoms. The fourth-order valence-corrected chi connectivity index (χ4v) is 3.04. The van der Waals surface area contributed by atoms with Crippen LogP contribution in [0.15, 0.2) is 29.6 Å². The van der Waals surface area contributed by atoms with E-state index in [1.165, 1.54) is 11.3 Å². The van der Waals surface area contributed by atoms with Crippen LogP contribution in [-0.2, 0) is 4.79 Å². The number of nitrogens with zero attached hydrogens (tertiary/aromatic N) is 2. The molecule has 4 nitrogen and oxygen atoms in total. The molecule has 1 heterocycles. The number of carbonyl (C=O) groups excluding carboxylic acids is 1. The Morgan fingerprint density at radius 2 is 2.14 bits per heavy atom. The zero-order chi connectivity index (χ0) is 14.8. The average molecular weight is 298 g/mol. The summed E-state index contributed by atoms with van der Waals surface area (Å²) in [6.07, 6.45) is 1.82. The summed E-state index contributed by atoms with van der Waals surface area (Å²) in [5, 5.41) is 11.7. The Bertz CT molecular complexity index is 696. The van der Waals surface area contributed by atoms with Crippen molar-refractivity contribution in [3.63, 3.8) is 0 Å². The first-order chi connectivity index (χ1) is 10.2. The minimum absolute atomic E-state index is 0.0214. The molecule has 1 fully saturated rings. The highest BCUT2D eigenvalue weighted by Gasteiger charge is 2.36. The zero-order valence-corrected chi connectivity index (χ0v) is 12.4. The van der Waals surface area contributed by atoms with Gasteiger partial charge >= 0.3 is 0 Å². The molecule has 0 unspecified atom stereocenters. The van der Waals surface area contributed by atoms with Gasteiger partial charge < -0.3 is 4.74 Å². The fourth-order valence-electron chi connectivity index (χ4n) is 2.16. The van der Waals surface area contributed by atoms with Crippen molar-refractivity contribution in [3.05, 3.63) is 34.7 Å². The molecule has 0 aliphatic heterocycles. The predicted molar refractivity (Wildman–Crippen MR) is 80.2 cm³/mol. The number of hydrogen-bond donors (Lipinski definition) is 0. The number of ether oxygens (including phenoxy) is 1. The Morgan fingerprint density at radius 3 is 2.71 bits per heavy atom. The lowest BCUT2D eigenvalue weighted by Crippen LogP contribution is -2.12. The van der Waals surface area contributed by atoms with Crippen LogP contribution in [0.4, 0.5) is 0 Å². The highest BCUT2D eigenvalue weighted by Crippen LogP contribution is 2.37. The minimum Gasteiger partial charge on any atom is -0.497 e. The first kappa shape index (κ1) is 13.8. The van der Waals surface area contributed by atoms with E-state index in [0.29, 0.717) is 5.01 Å². The quantitative estimate of drug-likeness (QED) is 0.848. The van der Waals surface area contributed by atoms with E-state index in [1.807, 2.05) is 29.6 Å². The highest BCUT2D eigenvalue weighted by atomic mass is 32.1. The molecule has 1 aliphatic rings. The number of aromatic nitrogens is 1. The third-order valence-corrected chi connectivity index (χ3v) is 4.46. The largest absolute Gasteiger partial charge is 0.497 e. The lowest BCUT2D eigenvalue weighted by molar-refractivity contribution is -0.120. The molecule has 2 aromatic rings. The third-order valence-electron chi connectivity index (χ3n) is 3.55. The molecule has 0 N–H and O–H groups in total. The summed E-state index contributed by atoms with van der Waals surface area (Å²) in [4.78, 5) is 16.6. The standard InChI is InChI=1S/C16H14N2O2S/c1-20-12-6-4-10(5-7-12)14-9-21-16(18-14)13(8-17)15(19)11-2-3-11/h4-7,9,11,13H,2-3H2,1H3/t13-/m0/s1. The van der Waals surface area contributed by atoms with Crippen LogP contribution in [-0.4, -0.2) is 17.9 Å². The lowest BCUT2D eigenvalue weighted by atomic mass is 10.0. The summed E-state index contributed by atoms with van der Waals surface area (Å²) in [5.41, 5.74) is 1.75. The molecule has 0 saturated heterocycles. The monoisotopic (exact) mass is 298 g/mol. The molecule has 0 amide bonds. The van der Waals surface area contributed by atoms with Gasteiger partial charge in [-0.15, -0.1) is 11.3 Å². The van der Waals surface area contributed by atoms with E-state index in [4.69, 9.17) is 4.74 Å². The van der Waals surface area contributed by atoms with Crippen LogP contribution in [0, 0.1) is 17.2 Å². The van der Waals surface area contributed by atoms with Gasteiger partial charge in [0.15, 0.2) is 11.7 Å². The Hall–Kier alpha value is -2.19. The number of ketones is 1. The van der Waals surface area contributed by atoms with Crippen molar-refractivity contribution in [2.75, 3.05) is 7.11 Å². The maximum absolute atomic E-state index is 12.1. The Balaban J connectivity index is 1.84. The van der Waals surface area contributed by atoms with Crippen LogP contribution < -0.4 is 4.74 Å². The first-order valence-electron chi connectivity index (χ1n) is 6.76. The maximum atomic E-state index is 12.1. The van der Waals surface area contributed by atoms with E-state index in [2.05, 4.69) is 11.1 Å². The van der Waals surface area contributed by atoms with Crippen LogP contribution >= 0.6 is 11.3 Å². The van der Waals surface area contributed by atoms with E-state index < -0.39 is 5.92 Å². The molecule has 1 aliphatic carbocycles. The van der Waals surface area contributed by atoms with Crippen LogP contribution in [0.1, 0.15) is 23.8 Å². The summed E-state index contributed by atoms with van der Waals surface area (Å²) >= 11 is 1.37. The van der Waals surface area contributed by atoms with Gasteiger partial charge in [-0.25, -0.2) is 4.98 Å². The van der Waals surface area contributed by atoms with Gasteiger partial charge in [0.25, 0.3) is 0 Å². The summed E-state index contributed by atoms with van der Waals surface area (Å²) in [6.45, 7) is 0. The normalized spacial score (nSPS) is 15.2. The molecule has 0 spiro atoms. The zero-order valence-electron chi connectivity index (χ0n) is 11.6. The van der Waals surface area contributed by atoms with Gasteiger partial charge in [-0.3, -0.25) is 4.79 Å². The molecule has 1 aromatic carbocycles. The smallest absolute Gasteiger partial charge is 0.160 e. The van der Waals surface area contributed by atoms with E-state index in [0.717, 1.165) is 29.8 Å². The second-order valence-electron chi connectivity index (χ2n) is 5.04. The molecule has 1 saturated carbocycles. The van der Waals surface area contributed by atoms with Crippen LogP contribution in [0.25, 0.3) is 11.3 Å². The van der Waals surface area contributed by atoms with Crippen LogP contribution in [0.3, 0.4) is 0 Å². The van der Waals surface area contributed by atoms with Crippen LogP contribution in [0.5, 0.6) is 5.75 Å². The fraction of sp³-hybridized carbons (Fsp3) is 0.312. The Morgan fingerprint density at radius 1 is 1.43 bits per heavy atom. The number of thiazole rings is 1. The van der Waals surface area contributed by atoms with Gasteiger partial charge in [-0.1, -0.05) is 0 Å². The SMILES string of the molecule is COc1ccc(-c2csc([C@@H](C#N)C(=O)C3CC3)n2)cc1. The number of Topliss-reactive ketones (excluding diaryl/α,β-unsaturated/α-hetero) is 1. The average Bonchev–Trinajstić information content (AvgIpc) is 3.27. The molecular weight excluding hydrogens is 284 g/mol. The van der Waals surface area contributed by atoms with Crippen molar-refractivity contribution in [2.24, 2.45) is 5.92 Å². The van der Waals surface area contributed by atoms with E-state index in [-0.39, 0.29) is 11.7 Å². The number of methoxy groups -OCH3 is 1. The van der Waals surface area contributed by atoms with Gasteiger partial charge in [0.2, 0.25) is 0 Å². The van der Waals surface area contributed by atoms with Crippen molar-refractivity contribution in [3.8, 4) is 23.1 Å². The summed E-state index contributed by atoms with van der Waals surface area (Å²) in [7, 11) is 1.62. The number of carbonyl (C=O) groups is 1. The van der Waals surface area contributed by atoms with Gasteiger partial charge in [0.1, 0.15) is 10.8 Å². The maximum Gasteiger partial charge on any atom is 0.160 e. The first-order valence-corrected chi connectivity index (χ1v) is 7.64. The van der Waals surface area contributed by atoms with Gasteiger partial charge in [-0.05, 0) is 37.1 Å². The Labute approximate surface area is 127 Å². The molecular formula is C16H14N2O2S. The summed E-state index contributed by atoms with van der Waals surface area (Å²) < 4.78 is 5.13. The molecule has 0 bridgehead atoms. The molecule has 106 valence electrons. The Kier molecular flexibility index (Phi) is 3.72. The molecule has 3 rings (SSSR count). The summed E-state index contributed by atoms with van der Waals surface area (Å²) in [6, 6.07) is 9.67. The van der Waals surface area contributed by atoms with Gasteiger partial charge in [0, 0.05) is 16.9 Å². The van der Waals surface area contributed by atoms with Crippen molar-refractivity contribution >= 4 is 17.1 Å². The van der Waals surface area contributed by atoms with Crippen LogP contribution in [0.2, 0.25) is 0 Å². The van der Waals surface area contributed by atoms with Crippen molar-refractivity contribution in [2.45, 2.75) is 18.8 Å². The number of benzene rings is 1. The number of hydrogen-bond acceptors (Lipinski definition) is 5. The van der Waals surface area contributed by atoms with E-state index in [9.17, 15) is 10.1 Å². The van der Waals surface area contributed by atoms with Gasteiger partial charge in [-0.2, -0.15) is 5.26 Å². The molecule has 0 radical (unpaired) electrons. The number of nitriles is 1. The molecule has 5 heteroatoms. The molecule has 1 atom stereocenters. The second kappa shape index (κ2) is 5.66. The van der Waals surface area contributed by atoms with E-state index in [1.54, 1.807) is 7.11 Å². The predicted octanol–water partition coefficient (Wildman–Crippen LogP) is 3.40. The highest BCUT2D eigenvalue weighted by molar-refractivity contribution is 7.10. The van der Waals surface area contributed by atoms with Gasteiger partial charge in [0.05, 0.1) is 18.9 Å². The third kappa shape index (κ3) is 2.81. The minimum atomic E-state index is -0.713. The van der Waals surface area contributed by atoms with Crippen molar-refractivity contribution in [1.29, 1.82) is 5.26 Å². The lowest BCUT2D eigenvalue weighted by Gasteiger charge is -2.03. The van der Waals surface area contributed by atoms with Crippen molar-refractivity contribution in [1.82, 2.24) is 4.98 Å². The topological polar surface area (TPSA) is 63.0 Å².